The second-order valence-electron chi connectivity index (χ2n) is 5.69. The highest BCUT2D eigenvalue weighted by molar-refractivity contribution is 5.73. The second-order valence-corrected chi connectivity index (χ2v) is 5.69. The zero-order chi connectivity index (χ0) is 17.0. The summed E-state index contributed by atoms with van der Waals surface area (Å²) >= 11 is 0. The van der Waals surface area contributed by atoms with E-state index >= 15 is 0 Å². The highest BCUT2D eigenvalue weighted by Crippen LogP contribution is 2.31. The first kappa shape index (κ1) is 16.2. The van der Waals surface area contributed by atoms with Crippen LogP contribution >= 0.6 is 0 Å². The number of hydrogen-bond donors (Lipinski definition) is 2. The zero-order valence-electron chi connectivity index (χ0n) is 13.1. The van der Waals surface area contributed by atoms with Crippen LogP contribution in [0.25, 0.3) is 0 Å². The molecule has 1 saturated heterocycles. The van der Waals surface area contributed by atoms with Gasteiger partial charge < -0.3 is 20.7 Å². The summed E-state index contributed by atoms with van der Waals surface area (Å²) < 4.78 is 19.6. The number of ether oxygens (including phenoxy) is 1. The summed E-state index contributed by atoms with van der Waals surface area (Å²) in [6.45, 7) is 1.59. The number of amides is 2. The Morgan fingerprint density at radius 2 is 2.29 bits per heavy atom. The monoisotopic (exact) mass is 330 g/mol. The fourth-order valence-corrected chi connectivity index (χ4v) is 3.00. The van der Waals surface area contributed by atoms with Gasteiger partial charge in [0.25, 0.3) is 0 Å². The van der Waals surface area contributed by atoms with Gasteiger partial charge >= 0.3 is 6.03 Å². The van der Waals surface area contributed by atoms with E-state index in [1.807, 2.05) is 0 Å². The van der Waals surface area contributed by atoms with E-state index in [0.717, 1.165) is 0 Å². The third kappa shape index (κ3) is 3.16. The van der Waals surface area contributed by atoms with Crippen LogP contribution in [0, 0.1) is 5.82 Å². The van der Waals surface area contributed by atoms with Crippen LogP contribution in [0.5, 0.6) is 5.75 Å². The fraction of sp³-hybridized carbons (Fsp3) is 0.294. The Balaban J connectivity index is 1.97. The maximum absolute atomic E-state index is 13.8. The van der Waals surface area contributed by atoms with Crippen LogP contribution in [0.3, 0.4) is 0 Å². The van der Waals surface area contributed by atoms with E-state index < -0.39 is 11.6 Å². The SMILES string of the molecule is NC(=O)N1CCNC[C@@]1(COc1cccnc1)c1cccc(F)c1. The average molecular weight is 330 g/mol. The van der Waals surface area contributed by atoms with E-state index in [2.05, 4.69) is 10.3 Å². The quantitative estimate of drug-likeness (QED) is 0.890. The topological polar surface area (TPSA) is 80.5 Å². The van der Waals surface area contributed by atoms with Gasteiger partial charge in [-0.2, -0.15) is 0 Å². The van der Waals surface area contributed by atoms with Crippen LogP contribution in [-0.4, -0.2) is 42.2 Å². The number of primary amides is 1. The van der Waals surface area contributed by atoms with Crippen molar-refractivity contribution in [3.05, 3.63) is 60.2 Å². The third-order valence-corrected chi connectivity index (χ3v) is 4.19. The summed E-state index contributed by atoms with van der Waals surface area (Å²) in [4.78, 5) is 17.5. The maximum Gasteiger partial charge on any atom is 0.315 e. The number of hydrogen-bond acceptors (Lipinski definition) is 4. The van der Waals surface area contributed by atoms with Crippen molar-refractivity contribution >= 4 is 6.03 Å². The normalized spacial score (nSPS) is 20.6. The number of carbonyl (C=O) groups excluding carboxylic acids is 1. The molecule has 7 heteroatoms. The van der Waals surface area contributed by atoms with Crippen molar-refractivity contribution in [2.45, 2.75) is 5.54 Å². The fourth-order valence-electron chi connectivity index (χ4n) is 3.00. The van der Waals surface area contributed by atoms with Crippen LogP contribution in [0.2, 0.25) is 0 Å². The number of urea groups is 1. The number of nitrogens with zero attached hydrogens (tertiary/aromatic N) is 2. The Bertz CT molecular complexity index is 713. The van der Waals surface area contributed by atoms with Gasteiger partial charge in [-0.15, -0.1) is 0 Å². The molecule has 1 fully saturated rings. The molecular formula is C17H19FN4O2. The highest BCUT2D eigenvalue weighted by atomic mass is 19.1. The highest BCUT2D eigenvalue weighted by Gasteiger charge is 2.43. The van der Waals surface area contributed by atoms with Crippen molar-refractivity contribution in [3.8, 4) is 5.75 Å². The molecule has 2 aromatic rings. The molecule has 0 bridgehead atoms. The largest absolute Gasteiger partial charge is 0.489 e. The van der Waals surface area contributed by atoms with Crippen molar-refractivity contribution in [2.24, 2.45) is 5.73 Å². The number of nitrogens with one attached hydrogen (secondary N) is 1. The van der Waals surface area contributed by atoms with E-state index in [1.54, 1.807) is 36.7 Å². The molecule has 1 aliphatic heterocycles. The molecule has 0 unspecified atom stereocenters. The van der Waals surface area contributed by atoms with Crippen LogP contribution in [0.1, 0.15) is 5.56 Å². The molecular weight excluding hydrogens is 311 g/mol. The molecule has 3 N–H and O–H groups in total. The smallest absolute Gasteiger partial charge is 0.315 e. The Morgan fingerprint density at radius 3 is 3.00 bits per heavy atom. The predicted molar refractivity (Wildman–Crippen MR) is 87.0 cm³/mol. The minimum Gasteiger partial charge on any atom is -0.489 e. The summed E-state index contributed by atoms with van der Waals surface area (Å²) in [6, 6.07) is 9.14. The molecule has 2 amide bonds. The first-order valence-electron chi connectivity index (χ1n) is 7.68. The van der Waals surface area contributed by atoms with E-state index in [1.165, 1.54) is 17.0 Å². The number of benzene rings is 1. The Kier molecular flexibility index (Phi) is 4.61. The van der Waals surface area contributed by atoms with E-state index in [9.17, 15) is 9.18 Å². The number of rotatable bonds is 4. The number of pyridine rings is 1. The molecule has 1 atom stereocenters. The lowest BCUT2D eigenvalue weighted by Gasteiger charge is -2.46. The standard InChI is InChI=1S/C17H19FN4O2/c18-14-4-1-3-13(9-14)17(11-21-7-8-22(17)16(19)23)12-24-15-5-2-6-20-10-15/h1-6,9-10,21H,7-8,11-12H2,(H2,19,23)/t17-/m1/s1. The van der Waals surface area contributed by atoms with Gasteiger partial charge in [-0.05, 0) is 29.8 Å². The van der Waals surface area contributed by atoms with Gasteiger partial charge in [-0.25, -0.2) is 9.18 Å². The lowest BCUT2D eigenvalue weighted by Crippen LogP contribution is -2.64. The summed E-state index contributed by atoms with van der Waals surface area (Å²) in [5, 5.41) is 3.25. The first-order chi connectivity index (χ1) is 11.6. The van der Waals surface area contributed by atoms with Crippen molar-refractivity contribution < 1.29 is 13.9 Å². The lowest BCUT2D eigenvalue weighted by molar-refractivity contribution is 0.0466. The molecule has 3 rings (SSSR count). The second kappa shape index (κ2) is 6.84. The minimum absolute atomic E-state index is 0.137. The molecule has 0 spiro atoms. The molecule has 1 aromatic carbocycles. The molecule has 1 aliphatic rings. The molecule has 6 nitrogen and oxygen atoms in total. The molecule has 1 aromatic heterocycles. The van der Waals surface area contributed by atoms with Crippen molar-refractivity contribution in [2.75, 3.05) is 26.2 Å². The lowest BCUT2D eigenvalue weighted by atomic mass is 9.87. The molecule has 0 aliphatic carbocycles. The first-order valence-corrected chi connectivity index (χ1v) is 7.68. The Labute approximate surface area is 139 Å². The number of piperazine rings is 1. The van der Waals surface area contributed by atoms with Crippen molar-refractivity contribution in [3.63, 3.8) is 0 Å². The van der Waals surface area contributed by atoms with E-state index in [0.29, 0.717) is 30.9 Å². The number of aromatic nitrogens is 1. The molecule has 0 saturated carbocycles. The van der Waals surface area contributed by atoms with Gasteiger partial charge in [-0.3, -0.25) is 4.98 Å². The van der Waals surface area contributed by atoms with Gasteiger partial charge in [0.2, 0.25) is 0 Å². The van der Waals surface area contributed by atoms with E-state index in [4.69, 9.17) is 10.5 Å². The van der Waals surface area contributed by atoms with Gasteiger partial charge in [0, 0.05) is 25.8 Å². The number of carbonyl (C=O) groups is 1. The summed E-state index contributed by atoms with van der Waals surface area (Å²) in [5.74, 6) is 0.200. The van der Waals surface area contributed by atoms with Gasteiger partial charge in [-0.1, -0.05) is 12.1 Å². The molecule has 2 heterocycles. The van der Waals surface area contributed by atoms with Crippen LogP contribution in [0.15, 0.2) is 48.8 Å². The minimum atomic E-state index is -0.887. The van der Waals surface area contributed by atoms with Crippen molar-refractivity contribution in [1.29, 1.82) is 0 Å². The maximum atomic E-state index is 13.8. The number of halogens is 1. The average Bonchev–Trinajstić information content (AvgIpc) is 2.61. The summed E-state index contributed by atoms with van der Waals surface area (Å²) in [7, 11) is 0. The van der Waals surface area contributed by atoms with Gasteiger partial charge in [0.1, 0.15) is 23.7 Å². The molecule has 24 heavy (non-hydrogen) atoms. The predicted octanol–water partition coefficient (Wildman–Crippen LogP) is 1.48. The van der Waals surface area contributed by atoms with E-state index in [-0.39, 0.29) is 12.4 Å². The molecule has 126 valence electrons. The third-order valence-electron chi connectivity index (χ3n) is 4.19. The van der Waals surface area contributed by atoms with Gasteiger partial charge in [0.15, 0.2) is 0 Å². The summed E-state index contributed by atoms with van der Waals surface area (Å²) in [6.07, 6.45) is 3.23. The van der Waals surface area contributed by atoms with Crippen LogP contribution in [0.4, 0.5) is 9.18 Å². The van der Waals surface area contributed by atoms with Crippen LogP contribution in [-0.2, 0) is 5.54 Å². The number of nitrogens with two attached hydrogens (primary N) is 1. The zero-order valence-corrected chi connectivity index (χ0v) is 13.1. The van der Waals surface area contributed by atoms with Gasteiger partial charge in [0.05, 0.1) is 6.20 Å². The van der Waals surface area contributed by atoms with Crippen LogP contribution < -0.4 is 15.8 Å². The Morgan fingerprint density at radius 1 is 1.42 bits per heavy atom. The molecule has 0 radical (unpaired) electrons. The Hall–Kier alpha value is -2.67. The summed E-state index contributed by atoms with van der Waals surface area (Å²) in [5.41, 5.74) is 5.33. The van der Waals surface area contributed by atoms with Crippen molar-refractivity contribution in [1.82, 2.24) is 15.2 Å².